The first kappa shape index (κ1) is 10.9. The van der Waals surface area contributed by atoms with E-state index in [9.17, 15) is 4.79 Å². The van der Waals surface area contributed by atoms with Crippen molar-refractivity contribution in [2.75, 3.05) is 0 Å². The van der Waals surface area contributed by atoms with Crippen molar-refractivity contribution in [3.63, 3.8) is 0 Å². The fourth-order valence-corrected chi connectivity index (χ4v) is 1.83. The second-order valence-corrected chi connectivity index (χ2v) is 4.02. The number of hydrogen-bond donors (Lipinski definition) is 0. The van der Waals surface area contributed by atoms with Crippen molar-refractivity contribution in [2.45, 2.75) is 31.8 Å². The Bertz CT molecular complexity index is 368. The van der Waals surface area contributed by atoms with Gasteiger partial charge in [0.25, 0.3) is 0 Å². The number of ether oxygens (including phenoxy) is 1. The Morgan fingerprint density at radius 1 is 1.19 bits per heavy atom. The summed E-state index contributed by atoms with van der Waals surface area (Å²) in [5.74, 6) is -0.225. The zero-order chi connectivity index (χ0) is 11.2. The van der Waals surface area contributed by atoms with Crippen LogP contribution in [0.3, 0.4) is 0 Å². The largest absolute Gasteiger partial charge is 0.455 e. The monoisotopic (exact) mass is 216 g/mol. The smallest absolute Gasteiger partial charge is 0.338 e. The minimum absolute atomic E-state index is 0.0461. The van der Waals surface area contributed by atoms with Crippen molar-refractivity contribution in [1.29, 1.82) is 0 Å². The Labute approximate surface area is 95.9 Å². The Balaban J connectivity index is 1.96. The predicted molar refractivity (Wildman–Crippen MR) is 63.3 cm³/mol. The average Bonchev–Trinajstić information content (AvgIpc) is 2.59. The summed E-state index contributed by atoms with van der Waals surface area (Å²) in [6.45, 7) is 0. The van der Waals surface area contributed by atoms with Crippen LogP contribution in [-0.4, -0.2) is 12.1 Å². The van der Waals surface area contributed by atoms with Crippen molar-refractivity contribution < 1.29 is 9.53 Å². The number of carbonyl (C=O) groups excluding carboxylic acids is 1. The molecule has 0 spiro atoms. The van der Waals surface area contributed by atoms with Gasteiger partial charge in [0.05, 0.1) is 5.56 Å². The second kappa shape index (κ2) is 5.50. The van der Waals surface area contributed by atoms with Crippen molar-refractivity contribution in [2.24, 2.45) is 0 Å². The summed E-state index contributed by atoms with van der Waals surface area (Å²) in [5.41, 5.74) is 0.625. The number of benzene rings is 1. The van der Waals surface area contributed by atoms with Gasteiger partial charge in [0.1, 0.15) is 6.10 Å². The Morgan fingerprint density at radius 2 is 2.00 bits per heavy atom. The molecule has 1 aromatic rings. The van der Waals surface area contributed by atoms with Crippen molar-refractivity contribution in [1.82, 2.24) is 0 Å². The molecule has 0 saturated heterocycles. The standard InChI is InChI=1S/C14H16O2/c15-14(12-8-4-3-5-9-12)16-13-10-6-1-2-7-11-13/h3-6,8-10,13H,1-2,7,11H2. The first-order valence-electron chi connectivity index (χ1n) is 5.79. The molecule has 0 aliphatic heterocycles. The molecule has 0 radical (unpaired) electrons. The molecule has 0 amide bonds. The van der Waals surface area contributed by atoms with Crippen LogP contribution in [0.1, 0.15) is 36.0 Å². The highest BCUT2D eigenvalue weighted by Crippen LogP contribution is 2.15. The predicted octanol–water partition coefficient (Wildman–Crippen LogP) is 3.34. The zero-order valence-electron chi connectivity index (χ0n) is 9.26. The topological polar surface area (TPSA) is 26.3 Å². The molecule has 84 valence electrons. The molecule has 1 aliphatic carbocycles. The van der Waals surface area contributed by atoms with E-state index in [4.69, 9.17) is 4.74 Å². The van der Waals surface area contributed by atoms with E-state index in [-0.39, 0.29) is 12.1 Å². The summed E-state index contributed by atoms with van der Waals surface area (Å²) in [6.07, 6.45) is 8.42. The summed E-state index contributed by atoms with van der Waals surface area (Å²) in [6, 6.07) is 9.15. The van der Waals surface area contributed by atoms with Crippen LogP contribution in [0.25, 0.3) is 0 Å². The third-order valence-corrected chi connectivity index (χ3v) is 2.73. The molecule has 2 rings (SSSR count). The van der Waals surface area contributed by atoms with Gasteiger partial charge < -0.3 is 4.74 Å². The van der Waals surface area contributed by atoms with E-state index >= 15 is 0 Å². The lowest BCUT2D eigenvalue weighted by Crippen LogP contribution is -2.15. The van der Waals surface area contributed by atoms with E-state index in [0.717, 1.165) is 19.3 Å². The molecule has 2 heteroatoms. The molecule has 0 saturated carbocycles. The maximum absolute atomic E-state index is 11.8. The molecule has 1 unspecified atom stereocenters. The number of rotatable bonds is 2. The van der Waals surface area contributed by atoms with Gasteiger partial charge in [-0.25, -0.2) is 4.79 Å². The van der Waals surface area contributed by atoms with Gasteiger partial charge in [-0.3, -0.25) is 0 Å². The molecule has 1 aliphatic rings. The highest BCUT2D eigenvalue weighted by atomic mass is 16.5. The van der Waals surface area contributed by atoms with E-state index in [1.165, 1.54) is 6.42 Å². The molecule has 1 atom stereocenters. The van der Waals surface area contributed by atoms with E-state index in [2.05, 4.69) is 6.08 Å². The van der Waals surface area contributed by atoms with Crippen LogP contribution in [0, 0.1) is 0 Å². The lowest BCUT2D eigenvalue weighted by Gasteiger charge is -2.12. The molecular weight excluding hydrogens is 200 g/mol. The first-order chi connectivity index (χ1) is 7.86. The van der Waals surface area contributed by atoms with Crippen LogP contribution < -0.4 is 0 Å². The minimum atomic E-state index is -0.225. The van der Waals surface area contributed by atoms with Crippen molar-refractivity contribution >= 4 is 5.97 Å². The molecule has 0 fully saturated rings. The van der Waals surface area contributed by atoms with E-state index in [1.54, 1.807) is 12.1 Å². The number of allylic oxidation sites excluding steroid dienone is 1. The molecule has 0 aromatic heterocycles. The normalized spacial score (nSPS) is 20.1. The van der Waals surface area contributed by atoms with Gasteiger partial charge in [-0.05, 0) is 43.9 Å². The van der Waals surface area contributed by atoms with Gasteiger partial charge in [0.15, 0.2) is 0 Å². The van der Waals surface area contributed by atoms with Gasteiger partial charge in [0.2, 0.25) is 0 Å². The summed E-state index contributed by atoms with van der Waals surface area (Å²) < 4.78 is 5.43. The molecule has 16 heavy (non-hydrogen) atoms. The SMILES string of the molecule is O=C(OC1C=CCCCC1)c1ccccc1. The van der Waals surface area contributed by atoms with E-state index in [1.807, 2.05) is 24.3 Å². The maximum atomic E-state index is 11.8. The second-order valence-electron chi connectivity index (χ2n) is 4.02. The van der Waals surface area contributed by atoms with Crippen LogP contribution in [0.15, 0.2) is 42.5 Å². The van der Waals surface area contributed by atoms with Crippen LogP contribution in [-0.2, 0) is 4.74 Å². The van der Waals surface area contributed by atoms with Crippen molar-refractivity contribution in [3.8, 4) is 0 Å². The number of hydrogen-bond acceptors (Lipinski definition) is 2. The molecule has 0 bridgehead atoms. The maximum Gasteiger partial charge on any atom is 0.338 e. The molecule has 0 heterocycles. The lowest BCUT2D eigenvalue weighted by atomic mass is 10.2. The summed E-state index contributed by atoms with van der Waals surface area (Å²) in [5, 5.41) is 0. The summed E-state index contributed by atoms with van der Waals surface area (Å²) in [7, 11) is 0. The number of esters is 1. The number of carbonyl (C=O) groups is 1. The molecule has 0 N–H and O–H groups in total. The Morgan fingerprint density at radius 3 is 2.81 bits per heavy atom. The lowest BCUT2D eigenvalue weighted by molar-refractivity contribution is 0.0379. The van der Waals surface area contributed by atoms with Gasteiger partial charge >= 0.3 is 5.97 Å². The summed E-state index contributed by atoms with van der Waals surface area (Å²) >= 11 is 0. The van der Waals surface area contributed by atoms with E-state index in [0.29, 0.717) is 5.56 Å². The molecule has 2 nitrogen and oxygen atoms in total. The van der Waals surface area contributed by atoms with Gasteiger partial charge in [-0.2, -0.15) is 0 Å². The van der Waals surface area contributed by atoms with Gasteiger partial charge in [0, 0.05) is 0 Å². The van der Waals surface area contributed by atoms with Crippen LogP contribution in [0.2, 0.25) is 0 Å². The zero-order valence-corrected chi connectivity index (χ0v) is 9.26. The van der Waals surface area contributed by atoms with E-state index < -0.39 is 0 Å². The quantitative estimate of drug-likeness (QED) is 0.560. The Kier molecular flexibility index (Phi) is 3.76. The minimum Gasteiger partial charge on any atom is -0.455 e. The van der Waals surface area contributed by atoms with Crippen molar-refractivity contribution in [3.05, 3.63) is 48.0 Å². The van der Waals surface area contributed by atoms with Gasteiger partial charge in [-0.15, -0.1) is 0 Å². The molecule has 1 aromatic carbocycles. The van der Waals surface area contributed by atoms with Gasteiger partial charge in [-0.1, -0.05) is 24.3 Å². The Hall–Kier alpha value is -1.57. The van der Waals surface area contributed by atoms with Crippen LogP contribution >= 0.6 is 0 Å². The fraction of sp³-hybridized carbons (Fsp3) is 0.357. The first-order valence-corrected chi connectivity index (χ1v) is 5.79. The third kappa shape index (κ3) is 2.96. The van der Waals surface area contributed by atoms with Crippen LogP contribution in [0.5, 0.6) is 0 Å². The average molecular weight is 216 g/mol. The van der Waals surface area contributed by atoms with Crippen LogP contribution in [0.4, 0.5) is 0 Å². The highest BCUT2D eigenvalue weighted by Gasteiger charge is 2.14. The molecular formula is C14H16O2. The third-order valence-electron chi connectivity index (χ3n) is 2.73. The highest BCUT2D eigenvalue weighted by molar-refractivity contribution is 5.89. The summed E-state index contributed by atoms with van der Waals surface area (Å²) in [4.78, 5) is 11.8. The fourth-order valence-electron chi connectivity index (χ4n) is 1.83.